The van der Waals surface area contributed by atoms with E-state index in [2.05, 4.69) is 10.6 Å². The van der Waals surface area contributed by atoms with Crippen LogP contribution in [0.15, 0.2) is 0 Å². The van der Waals surface area contributed by atoms with Gasteiger partial charge in [0.1, 0.15) is 6.04 Å². The number of carbonyl (C=O) groups is 2. The second-order valence-electron chi connectivity index (χ2n) is 5.58. The Morgan fingerprint density at radius 3 is 2.48 bits per heavy atom. The normalized spacial score (nSPS) is 30.3. The van der Waals surface area contributed by atoms with Crippen LogP contribution in [-0.4, -0.2) is 55.1 Å². The highest BCUT2D eigenvalue weighted by molar-refractivity contribution is 5.90. The number of nitrogens with one attached hydrogen (secondary N) is 2. The highest BCUT2D eigenvalue weighted by Crippen LogP contribution is 2.32. The average Bonchev–Trinajstić information content (AvgIpc) is 2.94. The van der Waals surface area contributed by atoms with E-state index in [0.717, 1.165) is 6.42 Å². The van der Waals surface area contributed by atoms with Crippen LogP contribution in [0.5, 0.6) is 0 Å². The van der Waals surface area contributed by atoms with Gasteiger partial charge in [-0.2, -0.15) is 13.2 Å². The Balaban J connectivity index is 1.94. The number of alkyl halides is 3. The van der Waals surface area contributed by atoms with Crippen LogP contribution in [0, 0.1) is 5.92 Å². The maximum atomic E-state index is 12.6. The minimum Gasteiger partial charge on any atom is -0.357 e. The number of likely N-dealkylation sites (N-methyl/N-ethyl adjacent to an activating group) is 1. The van der Waals surface area contributed by atoms with E-state index in [9.17, 15) is 22.8 Å². The molecule has 0 aliphatic carbocycles. The number of rotatable bonds is 2. The Kier molecular flexibility index (Phi) is 4.75. The number of nitrogens with zero attached hydrogens (tertiary/aromatic N) is 1. The first kappa shape index (κ1) is 16.1. The van der Waals surface area contributed by atoms with Gasteiger partial charge >= 0.3 is 6.18 Å². The molecular weight excluding hydrogens is 287 g/mol. The van der Waals surface area contributed by atoms with Crippen LogP contribution >= 0.6 is 0 Å². The van der Waals surface area contributed by atoms with Crippen molar-refractivity contribution >= 4 is 11.8 Å². The summed E-state index contributed by atoms with van der Waals surface area (Å²) in [5.41, 5.74) is 0. The van der Waals surface area contributed by atoms with Crippen molar-refractivity contribution in [3.63, 3.8) is 0 Å². The quantitative estimate of drug-likeness (QED) is 0.787. The molecule has 0 spiro atoms. The smallest absolute Gasteiger partial charge is 0.357 e. The van der Waals surface area contributed by atoms with Crippen LogP contribution < -0.4 is 10.6 Å². The Labute approximate surface area is 121 Å². The third-order valence-corrected chi connectivity index (χ3v) is 4.26. The van der Waals surface area contributed by atoms with Crippen LogP contribution in [0.3, 0.4) is 0 Å². The minimum absolute atomic E-state index is 0.0502. The molecule has 0 bridgehead atoms. The van der Waals surface area contributed by atoms with E-state index in [1.165, 1.54) is 11.9 Å². The number of piperidine rings is 1. The topological polar surface area (TPSA) is 61.4 Å². The predicted octanol–water partition coefficient (Wildman–Crippen LogP) is 0.654. The summed E-state index contributed by atoms with van der Waals surface area (Å²) >= 11 is 0. The van der Waals surface area contributed by atoms with Gasteiger partial charge < -0.3 is 15.5 Å². The molecule has 3 atom stereocenters. The summed E-state index contributed by atoms with van der Waals surface area (Å²) < 4.78 is 37.8. The lowest BCUT2D eigenvalue weighted by atomic mass is 9.93. The number of amides is 2. The monoisotopic (exact) mass is 307 g/mol. The molecule has 2 saturated heterocycles. The van der Waals surface area contributed by atoms with Gasteiger partial charge in [-0.05, 0) is 25.7 Å². The van der Waals surface area contributed by atoms with E-state index in [4.69, 9.17) is 0 Å². The first-order chi connectivity index (χ1) is 9.84. The fraction of sp³-hybridized carbons (Fsp3) is 0.846. The van der Waals surface area contributed by atoms with Crippen molar-refractivity contribution in [1.29, 1.82) is 0 Å². The summed E-state index contributed by atoms with van der Waals surface area (Å²) in [7, 11) is 1.51. The molecular formula is C13H20F3N3O2. The Bertz CT molecular complexity index is 406. The van der Waals surface area contributed by atoms with Gasteiger partial charge in [0.2, 0.25) is 11.8 Å². The van der Waals surface area contributed by atoms with Gasteiger partial charge in [0.15, 0.2) is 0 Å². The van der Waals surface area contributed by atoms with E-state index in [1.807, 2.05) is 0 Å². The van der Waals surface area contributed by atoms with Crippen molar-refractivity contribution in [3.05, 3.63) is 0 Å². The van der Waals surface area contributed by atoms with E-state index in [1.54, 1.807) is 0 Å². The van der Waals surface area contributed by atoms with Crippen molar-refractivity contribution in [2.45, 2.75) is 43.9 Å². The van der Waals surface area contributed by atoms with Gasteiger partial charge in [-0.1, -0.05) is 0 Å². The fourth-order valence-corrected chi connectivity index (χ4v) is 3.02. The first-order valence-electron chi connectivity index (χ1n) is 7.16. The van der Waals surface area contributed by atoms with Gasteiger partial charge in [-0.25, -0.2) is 0 Å². The molecule has 2 aliphatic rings. The standard InChI is InChI=1S/C13H20F3N3O2/c1-17-11(20)10-3-2-6-19(10)12(21)9-5-4-8(7-18-9)13(14,15)16/h8-10,18H,2-7H2,1H3,(H,17,20). The van der Waals surface area contributed by atoms with E-state index < -0.39 is 24.2 Å². The van der Waals surface area contributed by atoms with Crippen molar-refractivity contribution in [1.82, 2.24) is 15.5 Å². The lowest BCUT2D eigenvalue weighted by Gasteiger charge is -2.34. The van der Waals surface area contributed by atoms with Crippen LogP contribution in [0.2, 0.25) is 0 Å². The van der Waals surface area contributed by atoms with Gasteiger partial charge in [0.05, 0.1) is 12.0 Å². The molecule has 2 amide bonds. The molecule has 3 unspecified atom stereocenters. The molecule has 120 valence electrons. The van der Waals surface area contributed by atoms with Gasteiger partial charge in [0, 0.05) is 20.1 Å². The fourth-order valence-electron chi connectivity index (χ4n) is 3.02. The lowest BCUT2D eigenvalue weighted by molar-refractivity contribution is -0.180. The zero-order valence-corrected chi connectivity index (χ0v) is 11.9. The molecule has 8 heteroatoms. The van der Waals surface area contributed by atoms with Crippen molar-refractivity contribution in [2.24, 2.45) is 5.92 Å². The van der Waals surface area contributed by atoms with Crippen molar-refractivity contribution < 1.29 is 22.8 Å². The molecule has 5 nitrogen and oxygen atoms in total. The SMILES string of the molecule is CNC(=O)C1CCCN1C(=O)C1CCC(C(F)(F)F)CN1. The Morgan fingerprint density at radius 1 is 1.24 bits per heavy atom. The second kappa shape index (κ2) is 6.21. The molecule has 2 rings (SSSR count). The number of likely N-dealkylation sites (tertiary alicyclic amines) is 1. The highest BCUT2D eigenvalue weighted by atomic mass is 19.4. The molecule has 0 radical (unpaired) electrons. The molecule has 21 heavy (non-hydrogen) atoms. The molecule has 2 aliphatic heterocycles. The molecule has 0 aromatic rings. The van der Waals surface area contributed by atoms with E-state index >= 15 is 0 Å². The maximum absolute atomic E-state index is 12.6. The predicted molar refractivity (Wildman–Crippen MR) is 69.4 cm³/mol. The Morgan fingerprint density at radius 2 is 1.95 bits per heavy atom. The first-order valence-corrected chi connectivity index (χ1v) is 7.16. The van der Waals surface area contributed by atoms with Crippen LogP contribution in [0.1, 0.15) is 25.7 Å². The largest absolute Gasteiger partial charge is 0.393 e. The number of carbonyl (C=O) groups excluding carboxylic acids is 2. The van der Waals surface area contributed by atoms with Gasteiger partial charge in [-0.3, -0.25) is 9.59 Å². The van der Waals surface area contributed by atoms with E-state index in [0.29, 0.717) is 13.0 Å². The number of halogens is 3. The zero-order chi connectivity index (χ0) is 15.6. The van der Waals surface area contributed by atoms with Crippen molar-refractivity contribution in [2.75, 3.05) is 20.1 Å². The summed E-state index contributed by atoms with van der Waals surface area (Å²) in [5.74, 6) is -1.87. The summed E-state index contributed by atoms with van der Waals surface area (Å²) in [5, 5.41) is 5.21. The summed E-state index contributed by atoms with van der Waals surface area (Å²) in [4.78, 5) is 25.6. The van der Waals surface area contributed by atoms with Gasteiger partial charge in [-0.15, -0.1) is 0 Å². The number of hydrogen-bond donors (Lipinski definition) is 2. The number of hydrogen-bond acceptors (Lipinski definition) is 3. The summed E-state index contributed by atoms with van der Waals surface area (Å²) in [6, 6.07) is -1.11. The third kappa shape index (κ3) is 3.48. The Hall–Kier alpha value is -1.31. The highest BCUT2D eigenvalue weighted by Gasteiger charge is 2.44. The lowest BCUT2D eigenvalue weighted by Crippen LogP contribution is -2.55. The molecule has 2 fully saturated rings. The molecule has 2 heterocycles. The molecule has 0 aromatic heterocycles. The van der Waals surface area contributed by atoms with Crippen molar-refractivity contribution in [3.8, 4) is 0 Å². The van der Waals surface area contributed by atoms with Gasteiger partial charge in [0.25, 0.3) is 0 Å². The third-order valence-electron chi connectivity index (χ3n) is 4.26. The zero-order valence-electron chi connectivity index (χ0n) is 11.9. The van der Waals surface area contributed by atoms with Crippen LogP contribution in [-0.2, 0) is 9.59 Å². The van der Waals surface area contributed by atoms with Crippen LogP contribution in [0.4, 0.5) is 13.2 Å². The van der Waals surface area contributed by atoms with E-state index in [-0.39, 0.29) is 31.2 Å². The minimum atomic E-state index is -4.22. The molecule has 0 saturated carbocycles. The summed E-state index contributed by atoms with van der Waals surface area (Å²) in [6.07, 6.45) is -2.78. The maximum Gasteiger partial charge on any atom is 0.393 e. The molecule has 0 aromatic carbocycles. The average molecular weight is 307 g/mol. The summed E-state index contributed by atoms with van der Waals surface area (Å²) in [6.45, 7) is 0.246. The second-order valence-corrected chi connectivity index (χ2v) is 5.58. The van der Waals surface area contributed by atoms with Crippen LogP contribution in [0.25, 0.3) is 0 Å². The molecule has 2 N–H and O–H groups in total.